The lowest BCUT2D eigenvalue weighted by Gasteiger charge is -2.13. The summed E-state index contributed by atoms with van der Waals surface area (Å²) in [4.78, 5) is 24.3. The Morgan fingerprint density at radius 2 is 2.13 bits per heavy atom. The van der Waals surface area contributed by atoms with Gasteiger partial charge in [-0.05, 0) is 36.1 Å². The molecular formula is C16H15NO5S. The molecule has 2 heterocycles. The quantitative estimate of drug-likeness (QED) is 0.850. The maximum absolute atomic E-state index is 12.0. The van der Waals surface area contributed by atoms with E-state index in [4.69, 9.17) is 14.2 Å². The van der Waals surface area contributed by atoms with Gasteiger partial charge in [-0.2, -0.15) is 0 Å². The van der Waals surface area contributed by atoms with E-state index in [9.17, 15) is 9.59 Å². The number of carbonyl (C=O) groups excluding carboxylic acids is 2. The first-order valence-electron chi connectivity index (χ1n) is 7.04. The van der Waals surface area contributed by atoms with Crippen LogP contribution in [0.3, 0.4) is 0 Å². The summed E-state index contributed by atoms with van der Waals surface area (Å²) in [5.74, 6) is 0.505. The van der Waals surface area contributed by atoms with Crippen LogP contribution in [0.4, 0.5) is 0 Å². The predicted molar refractivity (Wildman–Crippen MR) is 83.6 cm³/mol. The fourth-order valence-corrected chi connectivity index (χ4v) is 2.66. The van der Waals surface area contributed by atoms with Crippen LogP contribution >= 0.6 is 11.3 Å². The maximum Gasteiger partial charge on any atom is 0.349 e. The Morgan fingerprint density at radius 3 is 2.91 bits per heavy atom. The third-order valence-electron chi connectivity index (χ3n) is 3.28. The number of fused-ring (bicyclic) bond motifs is 1. The van der Waals surface area contributed by atoms with Gasteiger partial charge in [0.2, 0.25) is 6.79 Å². The third-order valence-corrected chi connectivity index (χ3v) is 4.13. The van der Waals surface area contributed by atoms with Crippen LogP contribution in [0.1, 0.15) is 22.2 Å². The van der Waals surface area contributed by atoms with Crippen molar-refractivity contribution in [2.24, 2.45) is 0 Å². The number of benzene rings is 1. The molecule has 0 radical (unpaired) electrons. The van der Waals surface area contributed by atoms with E-state index in [0.717, 1.165) is 5.56 Å². The first-order chi connectivity index (χ1) is 11.1. The number of thiophene rings is 1. The summed E-state index contributed by atoms with van der Waals surface area (Å²) < 4.78 is 15.6. The van der Waals surface area contributed by atoms with E-state index in [1.165, 1.54) is 11.3 Å². The molecule has 7 heteroatoms. The van der Waals surface area contributed by atoms with E-state index in [2.05, 4.69) is 5.32 Å². The van der Waals surface area contributed by atoms with E-state index in [1.54, 1.807) is 30.5 Å². The average molecular weight is 333 g/mol. The summed E-state index contributed by atoms with van der Waals surface area (Å²) in [6.45, 7) is 2.07. The largest absolute Gasteiger partial charge is 0.454 e. The van der Waals surface area contributed by atoms with Crippen LogP contribution in [0.25, 0.3) is 0 Å². The van der Waals surface area contributed by atoms with Crippen molar-refractivity contribution in [2.75, 3.05) is 6.79 Å². The summed E-state index contributed by atoms with van der Waals surface area (Å²) in [6.07, 6.45) is -0.862. The van der Waals surface area contributed by atoms with Gasteiger partial charge < -0.3 is 19.5 Å². The van der Waals surface area contributed by atoms with Crippen LogP contribution in [0.2, 0.25) is 0 Å². The van der Waals surface area contributed by atoms with Crippen molar-refractivity contribution in [2.45, 2.75) is 19.6 Å². The van der Waals surface area contributed by atoms with E-state index < -0.39 is 12.1 Å². The number of rotatable bonds is 5. The molecule has 0 saturated heterocycles. The Labute approximate surface area is 137 Å². The lowest BCUT2D eigenvalue weighted by molar-refractivity contribution is -0.129. The van der Waals surface area contributed by atoms with Gasteiger partial charge in [-0.25, -0.2) is 4.79 Å². The zero-order chi connectivity index (χ0) is 16.2. The first-order valence-corrected chi connectivity index (χ1v) is 7.92. The number of nitrogens with one attached hydrogen (secondary N) is 1. The van der Waals surface area contributed by atoms with Crippen molar-refractivity contribution in [1.82, 2.24) is 5.32 Å². The van der Waals surface area contributed by atoms with Gasteiger partial charge in [0.25, 0.3) is 5.91 Å². The highest BCUT2D eigenvalue weighted by Gasteiger charge is 2.19. The monoisotopic (exact) mass is 333 g/mol. The molecule has 1 aromatic heterocycles. The lowest BCUT2D eigenvalue weighted by Crippen LogP contribution is -2.35. The molecule has 1 atom stereocenters. The molecule has 1 N–H and O–H groups in total. The van der Waals surface area contributed by atoms with Crippen molar-refractivity contribution in [3.05, 3.63) is 46.2 Å². The molecule has 0 bridgehead atoms. The molecule has 1 amide bonds. The highest BCUT2D eigenvalue weighted by atomic mass is 32.1. The molecule has 1 aromatic carbocycles. The zero-order valence-electron chi connectivity index (χ0n) is 12.4. The highest BCUT2D eigenvalue weighted by Crippen LogP contribution is 2.32. The molecular weight excluding hydrogens is 318 g/mol. The topological polar surface area (TPSA) is 73.9 Å². The van der Waals surface area contributed by atoms with E-state index in [1.807, 2.05) is 12.1 Å². The van der Waals surface area contributed by atoms with Crippen molar-refractivity contribution < 1.29 is 23.8 Å². The minimum atomic E-state index is -0.862. The van der Waals surface area contributed by atoms with Crippen LogP contribution in [0.15, 0.2) is 35.7 Å². The molecule has 0 spiro atoms. The van der Waals surface area contributed by atoms with Gasteiger partial charge in [-0.15, -0.1) is 11.3 Å². The van der Waals surface area contributed by atoms with Crippen molar-refractivity contribution in [1.29, 1.82) is 0 Å². The van der Waals surface area contributed by atoms with Gasteiger partial charge in [-0.1, -0.05) is 12.1 Å². The number of ether oxygens (including phenoxy) is 3. The normalized spacial score (nSPS) is 13.4. The van der Waals surface area contributed by atoms with Crippen LogP contribution in [-0.4, -0.2) is 24.8 Å². The molecule has 6 nitrogen and oxygen atoms in total. The molecule has 0 fully saturated rings. The number of hydrogen-bond acceptors (Lipinski definition) is 6. The third kappa shape index (κ3) is 3.62. The predicted octanol–water partition coefficient (Wildman–Crippen LogP) is 2.34. The maximum atomic E-state index is 12.0. The first kappa shape index (κ1) is 15.4. The number of hydrogen-bond donors (Lipinski definition) is 1. The van der Waals surface area contributed by atoms with Gasteiger partial charge in [0.15, 0.2) is 17.6 Å². The van der Waals surface area contributed by atoms with Crippen LogP contribution in [0.5, 0.6) is 11.5 Å². The Kier molecular flexibility index (Phi) is 4.47. The second-order valence-electron chi connectivity index (χ2n) is 4.93. The van der Waals surface area contributed by atoms with Crippen molar-refractivity contribution >= 4 is 23.2 Å². The van der Waals surface area contributed by atoms with Gasteiger partial charge in [-0.3, -0.25) is 4.79 Å². The fourth-order valence-electron chi connectivity index (χ4n) is 2.05. The Morgan fingerprint density at radius 1 is 1.30 bits per heavy atom. The highest BCUT2D eigenvalue weighted by molar-refractivity contribution is 7.11. The van der Waals surface area contributed by atoms with Crippen molar-refractivity contribution in [3.63, 3.8) is 0 Å². The molecule has 1 aliphatic rings. The second kappa shape index (κ2) is 6.70. The van der Waals surface area contributed by atoms with Gasteiger partial charge in [0.05, 0.1) is 0 Å². The Balaban J connectivity index is 1.51. The molecule has 2 aromatic rings. The van der Waals surface area contributed by atoms with E-state index in [0.29, 0.717) is 22.9 Å². The lowest BCUT2D eigenvalue weighted by atomic mass is 10.2. The number of amides is 1. The van der Waals surface area contributed by atoms with Crippen molar-refractivity contribution in [3.8, 4) is 11.5 Å². The van der Waals surface area contributed by atoms with Crippen LogP contribution < -0.4 is 14.8 Å². The van der Waals surface area contributed by atoms with Crippen LogP contribution in [-0.2, 0) is 16.1 Å². The van der Waals surface area contributed by atoms with Gasteiger partial charge in [0, 0.05) is 6.54 Å². The summed E-state index contributed by atoms with van der Waals surface area (Å²) >= 11 is 1.27. The van der Waals surface area contributed by atoms with Gasteiger partial charge >= 0.3 is 5.97 Å². The zero-order valence-corrected chi connectivity index (χ0v) is 13.2. The summed E-state index contributed by atoms with van der Waals surface area (Å²) in [5, 5.41) is 4.51. The minimum Gasteiger partial charge on any atom is -0.454 e. The molecule has 0 saturated carbocycles. The molecule has 23 heavy (non-hydrogen) atoms. The second-order valence-corrected chi connectivity index (χ2v) is 5.88. The molecule has 1 aliphatic heterocycles. The van der Waals surface area contributed by atoms with Gasteiger partial charge in [0.1, 0.15) is 4.88 Å². The van der Waals surface area contributed by atoms with E-state index >= 15 is 0 Å². The minimum absolute atomic E-state index is 0.209. The van der Waals surface area contributed by atoms with Crippen LogP contribution in [0, 0.1) is 0 Å². The summed E-state index contributed by atoms with van der Waals surface area (Å²) in [5.41, 5.74) is 0.874. The molecule has 0 unspecified atom stereocenters. The Hall–Kier alpha value is -2.54. The molecule has 120 valence electrons. The average Bonchev–Trinajstić information content (AvgIpc) is 3.22. The number of carbonyl (C=O) groups is 2. The SMILES string of the molecule is C[C@@H](OC(=O)c1cccs1)C(=O)NCc1ccc2c(c1)OCO2. The summed E-state index contributed by atoms with van der Waals surface area (Å²) in [6, 6.07) is 8.86. The van der Waals surface area contributed by atoms with E-state index in [-0.39, 0.29) is 12.7 Å². The smallest absolute Gasteiger partial charge is 0.349 e. The summed E-state index contributed by atoms with van der Waals surface area (Å²) in [7, 11) is 0. The standard InChI is InChI=1S/C16H15NO5S/c1-10(22-16(19)14-3-2-6-23-14)15(18)17-8-11-4-5-12-13(7-11)21-9-20-12/h2-7,10H,8-9H2,1H3,(H,17,18)/t10-/m1/s1. The molecule has 3 rings (SSSR count). The molecule has 0 aliphatic carbocycles. The fraction of sp³-hybridized carbons (Fsp3) is 0.250. The number of esters is 1. The Bertz CT molecular complexity index is 713.